The fraction of sp³-hybridized carbons (Fsp3) is 0.0667. The third-order valence-corrected chi connectivity index (χ3v) is 3.28. The van der Waals surface area contributed by atoms with Crippen LogP contribution in [-0.2, 0) is 0 Å². The van der Waals surface area contributed by atoms with Gasteiger partial charge in [0.2, 0.25) is 0 Å². The minimum Gasteiger partial charge on any atom is -0.496 e. The van der Waals surface area contributed by atoms with Crippen molar-refractivity contribution in [1.82, 2.24) is 0 Å². The number of hydrogen-bond acceptors (Lipinski definition) is 3. The highest BCUT2D eigenvalue weighted by atomic mass is 79.9. The molecule has 0 radical (unpaired) electrons. The molecule has 4 nitrogen and oxygen atoms in total. The summed E-state index contributed by atoms with van der Waals surface area (Å²) in [6, 6.07) is 13.8. The number of halogens is 1. The van der Waals surface area contributed by atoms with Gasteiger partial charge in [0.1, 0.15) is 5.75 Å². The van der Waals surface area contributed by atoms with Crippen molar-refractivity contribution < 1.29 is 9.53 Å². The molecule has 5 heteroatoms. The third kappa shape index (κ3) is 3.16. The van der Waals surface area contributed by atoms with Gasteiger partial charge in [0.25, 0.3) is 5.91 Å². The second kappa shape index (κ2) is 6.22. The van der Waals surface area contributed by atoms with Crippen LogP contribution in [0.3, 0.4) is 0 Å². The fourth-order valence-corrected chi connectivity index (χ4v) is 2.22. The number of carbonyl (C=O) groups excluding carboxylic acids is 1. The molecule has 0 unspecified atom stereocenters. The molecular formula is C15H11BrN2O2. The summed E-state index contributed by atoms with van der Waals surface area (Å²) in [5.74, 6) is 0.425. The van der Waals surface area contributed by atoms with E-state index >= 15 is 0 Å². The lowest BCUT2D eigenvalue weighted by molar-refractivity contribution is 0.102. The van der Waals surface area contributed by atoms with E-state index < -0.39 is 0 Å². The smallest absolute Gasteiger partial charge is 0.255 e. The van der Waals surface area contributed by atoms with E-state index in [1.807, 2.05) is 6.07 Å². The van der Waals surface area contributed by atoms with Crippen LogP contribution in [0.5, 0.6) is 5.75 Å². The van der Waals surface area contributed by atoms with Crippen LogP contribution < -0.4 is 10.1 Å². The van der Waals surface area contributed by atoms with E-state index in [0.29, 0.717) is 22.6 Å². The Kier molecular flexibility index (Phi) is 4.38. The summed E-state index contributed by atoms with van der Waals surface area (Å²) in [5.41, 5.74) is 1.54. The number of hydrogen-bond donors (Lipinski definition) is 1. The first-order chi connectivity index (χ1) is 9.63. The number of rotatable bonds is 3. The van der Waals surface area contributed by atoms with Crippen molar-refractivity contribution in [3.63, 3.8) is 0 Å². The summed E-state index contributed by atoms with van der Waals surface area (Å²) < 4.78 is 5.88. The molecule has 0 spiro atoms. The van der Waals surface area contributed by atoms with Crippen molar-refractivity contribution in [1.29, 1.82) is 5.26 Å². The number of methoxy groups -OCH3 is 1. The first-order valence-electron chi connectivity index (χ1n) is 5.79. The Morgan fingerprint density at radius 1 is 1.30 bits per heavy atom. The maximum absolute atomic E-state index is 12.1. The van der Waals surface area contributed by atoms with E-state index in [1.54, 1.807) is 49.6 Å². The summed E-state index contributed by atoms with van der Waals surface area (Å²) in [6.45, 7) is 0. The van der Waals surface area contributed by atoms with Crippen LogP contribution in [-0.4, -0.2) is 13.0 Å². The highest BCUT2D eigenvalue weighted by Gasteiger charge is 2.08. The summed E-state index contributed by atoms with van der Waals surface area (Å²) in [5, 5.41) is 11.6. The molecule has 0 fully saturated rings. The van der Waals surface area contributed by atoms with Crippen molar-refractivity contribution >= 4 is 27.5 Å². The Morgan fingerprint density at radius 3 is 2.75 bits per heavy atom. The van der Waals surface area contributed by atoms with Gasteiger partial charge < -0.3 is 10.1 Å². The number of nitriles is 1. The molecule has 2 aromatic rings. The van der Waals surface area contributed by atoms with Crippen molar-refractivity contribution in [2.45, 2.75) is 0 Å². The Hall–Kier alpha value is -2.32. The molecule has 0 saturated carbocycles. The van der Waals surface area contributed by atoms with Crippen LogP contribution in [0.1, 0.15) is 15.9 Å². The van der Waals surface area contributed by atoms with E-state index in [9.17, 15) is 4.79 Å². The SMILES string of the molecule is COc1ccc(NC(=O)c2cccc(C#N)c2)cc1Br. The third-order valence-electron chi connectivity index (χ3n) is 2.66. The standard InChI is InChI=1S/C15H11BrN2O2/c1-20-14-6-5-12(8-13(14)16)18-15(19)11-4-2-3-10(7-11)9-17/h2-8H,1H3,(H,18,19). The van der Waals surface area contributed by atoms with Crippen LogP contribution in [0.25, 0.3) is 0 Å². The van der Waals surface area contributed by atoms with E-state index in [4.69, 9.17) is 10.00 Å². The van der Waals surface area contributed by atoms with E-state index in [0.717, 1.165) is 4.47 Å². The predicted molar refractivity (Wildman–Crippen MR) is 79.8 cm³/mol. The molecule has 0 bridgehead atoms. The summed E-state index contributed by atoms with van der Waals surface area (Å²) in [4.78, 5) is 12.1. The summed E-state index contributed by atoms with van der Waals surface area (Å²) in [7, 11) is 1.58. The maximum Gasteiger partial charge on any atom is 0.255 e. The number of amides is 1. The zero-order valence-electron chi connectivity index (χ0n) is 10.7. The topological polar surface area (TPSA) is 62.1 Å². The fourth-order valence-electron chi connectivity index (χ4n) is 1.68. The lowest BCUT2D eigenvalue weighted by Crippen LogP contribution is -2.12. The zero-order chi connectivity index (χ0) is 14.5. The first kappa shape index (κ1) is 14.1. The lowest BCUT2D eigenvalue weighted by atomic mass is 10.1. The molecule has 0 heterocycles. The largest absolute Gasteiger partial charge is 0.496 e. The molecule has 0 atom stereocenters. The molecule has 0 aromatic heterocycles. The van der Waals surface area contributed by atoms with Crippen LogP contribution in [0.15, 0.2) is 46.9 Å². The van der Waals surface area contributed by atoms with Crippen LogP contribution in [0.4, 0.5) is 5.69 Å². The molecule has 0 saturated heterocycles. The van der Waals surface area contributed by atoms with E-state index in [-0.39, 0.29) is 5.91 Å². The van der Waals surface area contributed by atoms with Gasteiger partial charge in [-0.05, 0) is 52.3 Å². The van der Waals surface area contributed by atoms with Crippen LogP contribution in [0.2, 0.25) is 0 Å². The second-order valence-corrected chi connectivity index (χ2v) is 4.85. The minimum atomic E-state index is -0.265. The Morgan fingerprint density at radius 2 is 2.10 bits per heavy atom. The monoisotopic (exact) mass is 330 g/mol. The average molecular weight is 331 g/mol. The average Bonchev–Trinajstić information content (AvgIpc) is 2.47. The van der Waals surface area contributed by atoms with Gasteiger partial charge in [-0.2, -0.15) is 5.26 Å². The van der Waals surface area contributed by atoms with Crippen molar-refractivity contribution in [3.8, 4) is 11.8 Å². The molecule has 100 valence electrons. The van der Waals surface area contributed by atoms with Gasteiger partial charge in [0.05, 0.1) is 23.2 Å². The van der Waals surface area contributed by atoms with Gasteiger partial charge in [0, 0.05) is 11.3 Å². The number of ether oxygens (including phenoxy) is 1. The Labute approximate surface area is 125 Å². The van der Waals surface area contributed by atoms with Gasteiger partial charge in [-0.25, -0.2) is 0 Å². The highest BCUT2D eigenvalue weighted by molar-refractivity contribution is 9.10. The zero-order valence-corrected chi connectivity index (χ0v) is 12.3. The van der Waals surface area contributed by atoms with Gasteiger partial charge >= 0.3 is 0 Å². The second-order valence-electron chi connectivity index (χ2n) is 4.00. The van der Waals surface area contributed by atoms with Crippen LogP contribution in [0, 0.1) is 11.3 Å². The molecule has 0 aliphatic carbocycles. The lowest BCUT2D eigenvalue weighted by Gasteiger charge is -2.08. The molecule has 2 rings (SSSR count). The molecule has 2 aromatic carbocycles. The van der Waals surface area contributed by atoms with E-state index in [1.165, 1.54) is 0 Å². The normalized spacial score (nSPS) is 9.65. The van der Waals surface area contributed by atoms with E-state index in [2.05, 4.69) is 21.2 Å². The molecule has 1 amide bonds. The predicted octanol–water partition coefficient (Wildman–Crippen LogP) is 3.58. The Bertz CT molecular complexity index is 693. The highest BCUT2D eigenvalue weighted by Crippen LogP contribution is 2.27. The van der Waals surface area contributed by atoms with Gasteiger partial charge in [0.15, 0.2) is 0 Å². The quantitative estimate of drug-likeness (QED) is 0.935. The summed E-state index contributed by atoms with van der Waals surface area (Å²) in [6.07, 6.45) is 0. The number of anilines is 1. The minimum absolute atomic E-state index is 0.265. The van der Waals surface area contributed by atoms with Crippen LogP contribution >= 0.6 is 15.9 Å². The molecule has 0 aliphatic rings. The number of benzene rings is 2. The van der Waals surface area contributed by atoms with Gasteiger partial charge in [-0.15, -0.1) is 0 Å². The number of carbonyl (C=O) groups is 1. The molecule has 20 heavy (non-hydrogen) atoms. The number of nitrogens with one attached hydrogen (secondary N) is 1. The molecule has 0 aliphatic heterocycles. The first-order valence-corrected chi connectivity index (χ1v) is 6.58. The molecule has 1 N–H and O–H groups in total. The maximum atomic E-state index is 12.1. The number of nitrogens with zero attached hydrogens (tertiary/aromatic N) is 1. The van der Waals surface area contributed by atoms with Crippen molar-refractivity contribution in [2.75, 3.05) is 12.4 Å². The van der Waals surface area contributed by atoms with Gasteiger partial charge in [-0.1, -0.05) is 6.07 Å². The van der Waals surface area contributed by atoms with Crippen molar-refractivity contribution in [2.24, 2.45) is 0 Å². The van der Waals surface area contributed by atoms with Gasteiger partial charge in [-0.3, -0.25) is 4.79 Å². The summed E-state index contributed by atoms with van der Waals surface area (Å²) >= 11 is 3.36. The Balaban J connectivity index is 2.19. The molecular weight excluding hydrogens is 320 g/mol. The van der Waals surface area contributed by atoms with Crippen molar-refractivity contribution in [3.05, 3.63) is 58.1 Å².